The monoisotopic (exact) mass is 617 g/mol. The van der Waals surface area contributed by atoms with Gasteiger partial charge in [-0.1, -0.05) is 48.2 Å². The molecule has 0 heterocycles. The van der Waals surface area contributed by atoms with Crippen LogP contribution in [0.4, 0.5) is 11.4 Å². The third-order valence-electron chi connectivity index (χ3n) is 5.57. The summed E-state index contributed by atoms with van der Waals surface area (Å²) >= 11 is 8.71. The van der Waals surface area contributed by atoms with Crippen molar-refractivity contribution in [1.82, 2.24) is 5.32 Å². The van der Waals surface area contributed by atoms with Crippen LogP contribution >= 0.6 is 28.1 Å². The van der Waals surface area contributed by atoms with Gasteiger partial charge in [-0.25, -0.2) is 8.42 Å². The number of hydrogen-bond acceptors (Lipinski definition) is 5. The average Bonchev–Trinajstić information content (AvgIpc) is 2.84. The lowest BCUT2D eigenvalue weighted by atomic mass is 10.1. The van der Waals surface area contributed by atoms with Crippen LogP contribution in [0.1, 0.15) is 54.1 Å². The lowest BCUT2D eigenvalue weighted by Gasteiger charge is -2.14. The smallest absolute Gasteiger partial charge is 0.261 e. The molecule has 0 saturated heterocycles. The van der Waals surface area contributed by atoms with Crippen LogP contribution in [-0.4, -0.2) is 26.0 Å². The first-order valence-corrected chi connectivity index (χ1v) is 15.0. The number of amides is 1. The largest absolute Gasteiger partial charge is 0.493 e. The van der Waals surface area contributed by atoms with Gasteiger partial charge in [-0.2, -0.15) is 0 Å². The number of benzene rings is 3. The van der Waals surface area contributed by atoms with E-state index in [0.29, 0.717) is 29.3 Å². The molecule has 0 unspecified atom stereocenters. The van der Waals surface area contributed by atoms with Crippen LogP contribution in [0.15, 0.2) is 70.0 Å². The number of rotatable bonds is 11. The molecule has 3 aromatic carbocycles. The Hall–Kier alpha value is -2.95. The minimum Gasteiger partial charge on any atom is -0.493 e. The lowest BCUT2D eigenvalue weighted by Crippen LogP contribution is -2.34. The minimum atomic E-state index is -3.77. The molecule has 0 fully saturated rings. The van der Waals surface area contributed by atoms with Crippen molar-refractivity contribution in [3.8, 4) is 5.75 Å². The molecular weight excluding hydrogens is 586 g/mol. The predicted molar refractivity (Wildman–Crippen MR) is 161 cm³/mol. The highest BCUT2D eigenvalue weighted by atomic mass is 79.9. The standard InChI is InChI=1S/C28H32BrN3O4S2/c1-4-5-6-7-14-36-26-13-8-21(29)18-25(26)27(33)31-28(37)30-22-9-11-24(12-10-22)38(34,35)32-23-16-19(2)15-20(3)17-23/h8-13,15-18,32H,4-7,14H2,1-3H3,(H2,30,31,33,37). The van der Waals surface area contributed by atoms with Crippen LogP contribution in [0.5, 0.6) is 5.75 Å². The van der Waals surface area contributed by atoms with Crippen molar-refractivity contribution < 1.29 is 17.9 Å². The summed E-state index contributed by atoms with van der Waals surface area (Å²) in [6.07, 6.45) is 4.27. The van der Waals surface area contributed by atoms with E-state index in [1.165, 1.54) is 12.1 Å². The van der Waals surface area contributed by atoms with Gasteiger partial charge < -0.3 is 10.1 Å². The number of nitrogens with one attached hydrogen (secondary N) is 3. The van der Waals surface area contributed by atoms with Gasteiger partial charge >= 0.3 is 0 Å². The Balaban J connectivity index is 1.61. The molecule has 10 heteroatoms. The maximum Gasteiger partial charge on any atom is 0.261 e. The molecule has 38 heavy (non-hydrogen) atoms. The van der Waals surface area contributed by atoms with Gasteiger partial charge in [-0.05, 0) is 98.2 Å². The Labute approximate surface area is 238 Å². The highest BCUT2D eigenvalue weighted by Gasteiger charge is 2.17. The Morgan fingerprint density at radius 2 is 1.61 bits per heavy atom. The molecule has 1 amide bonds. The first-order valence-electron chi connectivity index (χ1n) is 12.3. The first kappa shape index (κ1) is 29.6. The number of unbranched alkanes of at least 4 members (excludes halogenated alkanes) is 3. The van der Waals surface area contributed by atoms with E-state index in [1.807, 2.05) is 26.0 Å². The molecule has 0 radical (unpaired) electrons. The van der Waals surface area contributed by atoms with Crippen LogP contribution in [0.25, 0.3) is 0 Å². The summed E-state index contributed by atoms with van der Waals surface area (Å²) < 4.78 is 34.8. The second-order valence-corrected chi connectivity index (χ2v) is 12.0. The van der Waals surface area contributed by atoms with Gasteiger partial charge in [0, 0.05) is 15.8 Å². The maximum absolute atomic E-state index is 12.9. The highest BCUT2D eigenvalue weighted by Crippen LogP contribution is 2.24. The van der Waals surface area contributed by atoms with Crippen molar-refractivity contribution in [3.63, 3.8) is 0 Å². The molecule has 0 spiro atoms. The molecule has 3 aromatic rings. The van der Waals surface area contributed by atoms with Gasteiger partial charge in [0.1, 0.15) is 5.75 Å². The zero-order chi connectivity index (χ0) is 27.7. The number of hydrogen-bond donors (Lipinski definition) is 3. The SMILES string of the molecule is CCCCCCOc1ccc(Br)cc1C(=O)NC(=S)Nc1ccc(S(=O)(=O)Nc2cc(C)cc(C)c2)cc1. The summed E-state index contributed by atoms with van der Waals surface area (Å²) in [5, 5.41) is 5.66. The quantitative estimate of drug-likeness (QED) is 0.159. The van der Waals surface area contributed by atoms with E-state index in [4.69, 9.17) is 17.0 Å². The number of sulfonamides is 1. The molecule has 0 aliphatic rings. The average molecular weight is 619 g/mol. The summed E-state index contributed by atoms with van der Waals surface area (Å²) in [6, 6.07) is 16.9. The number of thiocarbonyl (C=S) groups is 1. The molecule has 3 N–H and O–H groups in total. The summed E-state index contributed by atoms with van der Waals surface area (Å²) in [7, 11) is -3.77. The fraction of sp³-hybridized carbons (Fsp3) is 0.286. The fourth-order valence-electron chi connectivity index (χ4n) is 3.81. The summed E-state index contributed by atoms with van der Waals surface area (Å²) in [6.45, 7) is 6.49. The van der Waals surface area contributed by atoms with E-state index in [0.717, 1.165) is 41.3 Å². The van der Waals surface area contributed by atoms with Gasteiger partial charge in [-0.3, -0.25) is 14.8 Å². The molecule has 0 aromatic heterocycles. The molecule has 7 nitrogen and oxygen atoms in total. The van der Waals surface area contributed by atoms with Crippen molar-refractivity contribution in [2.45, 2.75) is 51.3 Å². The first-order chi connectivity index (χ1) is 18.1. The Morgan fingerprint density at radius 1 is 0.921 bits per heavy atom. The summed E-state index contributed by atoms with van der Waals surface area (Å²) in [4.78, 5) is 13.0. The van der Waals surface area contributed by atoms with Crippen molar-refractivity contribution in [3.05, 3.63) is 81.8 Å². The van der Waals surface area contributed by atoms with Crippen LogP contribution in [0, 0.1) is 13.8 Å². The number of halogens is 1. The summed E-state index contributed by atoms with van der Waals surface area (Å²) in [5.41, 5.74) is 3.32. The number of ether oxygens (including phenoxy) is 1. The highest BCUT2D eigenvalue weighted by molar-refractivity contribution is 9.10. The van der Waals surface area contributed by atoms with Gasteiger partial charge in [0.15, 0.2) is 5.11 Å². The van der Waals surface area contributed by atoms with Gasteiger partial charge in [0.05, 0.1) is 17.1 Å². The van der Waals surface area contributed by atoms with Gasteiger partial charge in [-0.15, -0.1) is 0 Å². The Kier molecular flexibility index (Phi) is 10.7. The second-order valence-electron chi connectivity index (χ2n) is 8.96. The van der Waals surface area contributed by atoms with Crippen LogP contribution < -0.4 is 20.1 Å². The fourth-order valence-corrected chi connectivity index (χ4v) is 5.43. The molecule has 0 aliphatic heterocycles. The third kappa shape index (κ3) is 8.82. The van der Waals surface area contributed by atoms with Gasteiger partial charge in [0.2, 0.25) is 0 Å². The molecule has 202 valence electrons. The molecule has 0 bridgehead atoms. The molecule has 0 atom stereocenters. The van der Waals surface area contributed by atoms with E-state index < -0.39 is 15.9 Å². The van der Waals surface area contributed by atoms with Crippen molar-refractivity contribution in [1.29, 1.82) is 0 Å². The summed E-state index contributed by atoms with van der Waals surface area (Å²) in [5.74, 6) is 0.0695. The van der Waals surface area contributed by atoms with Gasteiger partial charge in [0.25, 0.3) is 15.9 Å². The van der Waals surface area contributed by atoms with Crippen LogP contribution in [0.2, 0.25) is 0 Å². The minimum absolute atomic E-state index is 0.0767. The normalized spacial score (nSPS) is 11.1. The molecule has 0 aliphatic carbocycles. The van der Waals surface area contributed by atoms with Crippen LogP contribution in [-0.2, 0) is 10.0 Å². The maximum atomic E-state index is 12.9. The van der Waals surface area contributed by atoms with Crippen molar-refractivity contribution in [2.24, 2.45) is 0 Å². The number of aryl methyl sites for hydroxylation is 2. The van der Waals surface area contributed by atoms with E-state index in [-0.39, 0.29) is 10.0 Å². The van der Waals surface area contributed by atoms with E-state index in [1.54, 1.807) is 36.4 Å². The Morgan fingerprint density at radius 3 is 2.26 bits per heavy atom. The zero-order valence-corrected chi connectivity index (χ0v) is 24.9. The molecule has 3 rings (SSSR count). The third-order valence-corrected chi connectivity index (χ3v) is 7.66. The van der Waals surface area contributed by atoms with E-state index in [2.05, 4.69) is 38.2 Å². The topological polar surface area (TPSA) is 96.5 Å². The van der Waals surface area contributed by atoms with Crippen LogP contribution in [0.3, 0.4) is 0 Å². The number of anilines is 2. The van der Waals surface area contributed by atoms with E-state index >= 15 is 0 Å². The van der Waals surface area contributed by atoms with Crippen molar-refractivity contribution in [2.75, 3.05) is 16.6 Å². The number of carbonyl (C=O) groups excluding carboxylic acids is 1. The number of carbonyl (C=O) groups is 1. The lowest BCUT2D eigenvalue weighted by molar-refractivity contribution is 0.0973. The predicted octanol–water partition coefficient (Wildman–Crippen LogP) is 6.95. The molecular formula is C28H32BrN3O4S2. The Bertz CT molecular complexity index is 1370. The van der Waals surface area contributed by atoms with E-state index in [9.17, 15) is 13.2 Å². The zero-order valence-electron chi connectivity index (χ0n) is 21.6. The molecule has 0 saturated carbocycles. The van der Waals surface area contributed by atoms with Crippen molar-refractivity contribution >= 4 is 60.6 Å². The second kappa shape index (κ2) is 13.7.